The third-order valence-electron chi connectivity index (χ3n) is 9.01. The number of hydrogen-bond acceptors (Lipinski definition) is 3. The van der Waals surface area contributed by atoms with Crippen LogP contribution in [-0.4, -0.2) is 21.7 Å². The fourth-order valence-electron chi connectivity index (χ4n) is 6.60. The van der Waals surface area contributed by atoms with Crippen molar-refractivity contribution in [1.82, 2.24) is 0 Å². The Bertz CT molecular complexity index is 931. The van der Waals surface area contributed by atoms with Gasteiger partial charge in [0.25, 0.3) is 0 Å². The predicted molar refractivity (Wildman–Crippen MR) is 151 cm³/mol. The molecule has 2 nitrogen and oxygen atoms in total. The predicted octanol–water partition coefficient (Wildman–Crippen LogP) is 8.68. The van der Waals surface area contributed by atoms with Gasteiger partial charge in [-0.25, -0.2) is 0 Å². The first-order chi connectivity index (χ1) is 16.7. The minimum Gasteiger partial charge on any atom is -0.507 e. The second-order valence-electron chi connectivity index (χ2n) is 12.0. The molecule has 3 heteroatoms. The van der Waals surface area contributed by atoms with Crippen molar-refractivity contribution in [3.63, 3.8) is 0 Å². The Labute approximate surface area is 217 Å². The van der Waals surface area contributed by atoms with Gasteiger partial charge in [0.2, 0.25) is 0 Å². The maximum atomic E-state index is 10.8. The number of benzene rings is 2. The average molecular weight is 495 g/mol. The van der Waals surface area contributed by atoms with Gasteiger partial charge in [0, 0.05) is 11.1 Å². The van der Waals surface area contributed by atoms with E-state index in [-0.39, 0.29) is 10.8 Å². The Balaban J connectivity index is 1.35. The Morgan fingerprint density at radius 1 is 0.629 bits per heavy atom. The molecule has 0 amide bonds. The fraction of sp³-hybridized carbons (Fsp3) is 0.625. The summed E-state index contributed by atoms with van der Waals surface area (Å²) in [7, 11) is 0. The zero-order valence-electron chi connectivity index (χ0n) is 22.5. The number of thioether (sulfide) groups is 1. The summed E-state index contributed by atoms with van der Waals surface area (Å²) in [6.45, 7) is 8.81. The summed E-state index contributed by atoms with van der Waals surface area (Å²) in [4.78, 5) is 0. The molecule has 0 heterocycles. The molecule has 2 aromatic carbocycles. The smallest absolute Gasteiger partial charge is 0.122 e. The summed E-state index contributed by atoms with van der Waals surface area (Å²) in [6, 6.07) is 8.97. The van der Waals surface area contributed by atoms with Crippen LogP contribution in [0.4, 0.5) is 0 Å². The molecule has 2 N–H and O–H groups in total. The second-order valence-corrected chi connectivity index (χ2v) is 13.2. The molecule has 2 saturated carbocycles. The van der Waals surface area contributed by atoms with Crippen LogP contribution in [0.15, 0.2) is 24.3 Å². The summed E-state index contributed by atoms with van der Waals surface area (Å²) in [5.41, 5.74) is 7.39. The van der Waals surface area contributed by atoms with Crippen LogP contribution in [0.2, 0.25) is 0 Å². The van der Waals surface area contributed by atoms with E-state index in [0.29, 0.717) is 11.5 Å². The van der Waals surface area contributed by atoms with E-state index in [9.17, 15) is 10.2 Å². The van der Waals surface area contributed by atoms with Crippen LogP contribution in [0.25, 0.3) is 0 Å². The van der Waals surface area contributed by atoms with E-state index in [1.807, 2.05) is 11.8 Å². The zero-order chi connectivity index (χ0) is 25.1. The molecule has 2 aliphatic rings. The van der Waals surface area contributed by atoms with E-state index in [1.165, 1.54) is 86.5 Å². The molecular formula is C32H46O2S. The number of phenolic OH excluding ortho intramolecular Hbond substituents is 2. The molecule has 35 heavy (non-hydrogen) atoms. The second kappa shape index (κ2) is 11.2. The summed E-state index contributed by atoms with van der Waals surface area (Å²) >= 11 is 2.02. The van der Waals surface area contributed by atoms with Gasteiger partial charge in [0.15, 0.2) is 0 Å². The lowest BCUT2D eigenvalue weighted by atomic mass is 9.70. The van der Waals surface area contributed by atoms with Gasteiger partial charge in [-0.05, 0) is 97.0 Å². The van der Waals surface area contributed by atoms with Crippen LogP contribution in [0, 0.1) is 13.8 Å². The molecule has 0 aliphatic heterocycles. The number of aromatic hydroxyl groups is 2. The maximum absolute atomic E-state index is 10.8. The van der Waals surface area contributed by atoms with Gasteiger partial charge >= 0.3 is 0 Å². The normalized spacial score (nSPS) is 19.5. The first kappa shape index (κ1) is 26.5. The topological polar surface area (TPSA) is 40.5 Å². The van der Waals surface area contributed by atoms with Crippen molar-refractivity contribution in [2.75, 3.05) is 11.5 Å². The summed E-state index contributed by atoms with van der Waals surface area (Å²) < 4.78 is 0. The Morgan fingerprint density at radius 2 is 1.00 bits per heavy atom. The monoisotopic (exact) mass is 494 g/mol. The maximum Gasteiger partial charge on any atom is 0.122 e. The van der Waals surface area contributed by atoms with Crippen molar-refractivity contribution in [2.24, 2.45) is 0 Å². The highest BCUT2D eigenvalue weighted by molar-refractivity contribution is 7.99. The summed E-state index contributed by atoms with van der Waals surface area (Å²) in [5, 5.41) is 21.7. The van der Waals surface area contributed by atoms with Crippen LogP contribution in [-0.2, 0) is 23.7 Å². The van der Waals surface area contributed by atoms with Crippen molar-refractivity contribution >= 4 is 11.8 Å². The van der Waals surface area contributed by atoms with Crippen LogP contribution >= 0.6 is 11.8 Å². The number of rotatable bonds is 8. The Kier molecular flexibility index (Phi) is 8.46. The summed E-state index contributed by atoms with van der Waals surface area (Å²) in [5.74, 6) is 3.25. The molecule has 0 radical (unpaired) electrons. The van der Waals surface area contributed by atoms with E-state index >= 15 is 0 Å². The highest BCUT2D eigenvalue weighted by Crippen LogP contribution is 2.45. The molecule has 0 unspecified atom stereocenters. The van der Waals surface area contributed by atoms with Crippen LogP contribution < -0.4 is 0 Å². The molecular weight excluding hydrogens is 448 g/mol. The molecule has 0 saturated heterocycles. The molecule has 0 atom stereocenters. The van der Waals surface area contributed by atoms with Gasteiger partial charge in [0.05, 0.1) is 0 Å². The Morgan fingerprint density at radius 3 is 1.37 bits per heavy atom. The SMILES string of the molecule is Cc1cc(CCSCCc2cc(C)c(O)c(C3(C)CCCCC3)c2)cc(C2(C)CCCCC2)c1O. The molecule has 0 spiro atoms. The number of hydrogen-bond donors (Lipinski definition) is 2. The number of aryl methyl sites for hydroxylation is 4. The molecule has 2 aromatic rings. The van der Waals surface area contributed by atoms with E-state index < -0.39 is 0 Å². The lowest BCUT2D eigenvalue weighted by Gasteiger charge is -2.35. The minimum atomic E-state index is 0.125. The van der Waals surface area contributed by atoms with Crippen molar-refractivity contribution in [3.8, 4) is 11.5 Å². The molecule has 2 fully saturated rings. The number of phenols is 2. The van der Waals surface area contributed by atoms with E-state index in [0.717, 1.165) is 35.5 Å². The fourth-order valence-corrected chi connectivity index (χ4v) is 7.57. The quantitative estimate of drug-likeness (QED) is 0.361. The highest BCUT2D eigenvalue weighted by atomic mass is 32.2. The molecule has 0 bridgehead atoms. The standard InChI is InChI=1S/C32H46O2S/c1-23-19-25(21-27(29(23)33)31(3)13-7-5-8-14-31)11-17-35-18-12-26-20-24(2)30(34)28(22-26)32(4)15-9-6-10-16-32/h19-22,33-34H,5-18H2,1-4H3. The van der Waals surface area contributed by atoms with Gasteiger partial charge in [-0.2, -0.15) is 11.8 Å². The van der Waals surface area contributed by atoms with Crippen molar-refractivity contribution in [2.45, 2.75) is 116 Å². The van der Waals surface area contributed by atoms with Gasteiger partial charge in [-0.15, -0.1) is 0 Å². The van der Waals surface area contributed by atoms with Crippen LogP contribution in [0.1, 0.15) is 111 Å². The molecule has 0 aromatic heterocycles. The first-order valence-corrected chi connectivity index (χ1v) is 15.1. The van der Waals surface area contributed by atoms with Crippen molar-refractivity contribution < 1.29 is 10.2 Å². The minimum absolute atomic E-state index is 0.125. The van der Waals surface area contributed by atoms with E-state index in [2.05, 4.69) is 52.0 Å². The van der Waals surface area contributed by atoms with Gasteiger partial charge < -0.3 is 10.2 Å². The lowest BCUT2D eigenvalue weighted by Crippen LogP contribution is -2.25. The van der Waals surface area contributed by atoms with Gasteiger partial charge in [0.1, 0.15) is 11.5 Å². The molecule has 4 rings (SSSR count). The van der Waals surface area contributed by atoms with Crippen molar-refractivity contribution in [1.29, 1.82) is 0 Å². The lowest BCUT2D eigenvalue weighted by molar-refractivity contribution is 0.307. The third-order valence-corrected chi connectivity index (χ3v) is 9.99. The highest BCUT2D eigenvalue weighted by Gasteiger charge is 2.33. The van der Waals surface area contributed by atoms with Crippen LogP contribution in [0.3, 0.4) is 0 Å². The third kappa shape index (κ3) is 6.04. The van der Waals surface area contributed by atoms with Gasteiger partial charge in [-0.3, -0.25) is 0 Å². The van der Waals surface area contributed by atoms with E-state index in [4.69, 9.17) is 0 Å². The molecule has 2 aliphatic carbocycles. The largest absolute Gasteiger partial charge is 0.507 e. The Hall–Kier alpha value is -1.61. The van der Waals surface area contributed by atoms with Gasteiger partial charge in [-0.1, -0.05) is 76.6 Å². The average Bonchev–Trinajstić information content (AvgIpc) is 2.83. The zero-order valence-corrected chi connectivity index (χ0v) is 23.3. The van der Waals surface area contributed by atoms with Crippen molar-refractivity contribution in [3.05, 3.63) is 57.6 Å². The van der Waals surface area contributed by atoms with Crippen LogP contribution in [0.5, 0.6) is 11.5 Å². The molecule has 192 valence electrons. The first-order valence-electron chi connectivity index (χ1n) is 14.0. The summed E-state index contributed by atoms with van der Waals surface area (Å²) in [6.07, 6.45) is 14.6. The van der Waals surface area contributed by atoms with E-state index in [1.54, 1.807) is 0 Å².